The van der Waals surface area contributed by atoms with Crippen LogP contribution in [0, 0.1) is 5.41 Å². The molecule has 0 saturated heterocycles. The molecule has 18 heavy (non-hydrogen) atoms. The number of nitrogens with one attached hydrogen (secondary N) is 1. The van der Waals surface area contributed by atoms with Gasteiger partial charge in [-0.2, -0.15) is 0 Å². The number of anilines is 1. The molecule has 1 aromatic rings. The van der Waals surface area contributed by atoms with E-state index in [-0.39, 0.29) is 11.3 Å². The predicted molar refractivity (Wildman–Crippen MR) is 75.2 cm³/mol. The van der Waals surface area contributed by atoms with Gasteiger partial charge in [-0.1, -0.05) is 32.4 Å². The van der Waals surface area contributed by atoms with Crippen molar-refractivity contribution in [2.45, 2.75) is 20.8 Å². The van der Waals surface area contributed by atoms with Crippen molar-refractivity contribution in [1.82, 2.24) is 9.88 Å². The summed E-state index contributed by atoms with van der Waals surface area (Å²) in [4.78, 5) is 18.0. The molecular weight excluding hydrogens is 250 g/mol. The predicted octanol–water partition coefficient (Wildman–Crippen LogP) is 2.89. The fourth-order valence-corrected chi connectivity index (χ4v) is 1.91. The van der Waals surface area contributed by atoms with Gasteiger partial charge in [-0.25, -0.2) is 4.98 Å². The van der Waals surface area contributed by atoms with Gasteiger partial charge in [0, 0.05) is 26.8 Å². The molecule has 1 amide bonds. The topological polar surface area (TPSA) is 45.2 Å². The summed E-state index contributed by atoms with van der Waals surface area (Å²) >= 11 is 6.03. The third-order valence-corrected chi connectivity index (χ3v) is 2.70. The minimum absolute atomic E-state index is 0.0513. The van der Waals surface area contributed by atoms with E-state index in [4.69, 9.17) is 11.6 Å². The number of hydrogen-bond acceptors (Lipinski definition) is 3. The van der Waals surface area contributed by atoms with E-state index >= 15 is 0 Å². The third kappa shape index (κ3) is 3.88. The molecule has 100 valence electrons. The van der Waals surface area contributed by atoms with Crippen LogP contribution >= 0.6 is 11.6 Å². The minimum Gasteiger partial charge on any atom is -0.373 e. The number of aromatic nitrogens is 1. The molecule has 1 aromatic heterocycles. The summed E-state index contributed by atoms with van der Waals surface area (Å²) in [5, 5.41) is 3.27. The van der Waals surface area contributed by atoms with E-state index in [9.17, 15) is 4.79 Å². The van der Waals surface area contributed by atoms with E-state index in [1.807, 2.05) is 0 Å². The largest absolute Gasteiger partial charge is 0.373 e. The Morgan fingerprint density at radius 2 is 2.11 bits per heavy atom. The number of rotatable bonds is 3. The molecule has 1 N–H and O–H groups in total. The van der Waals surface area contributed by atoms with Crippen LogP contribution in [0.3, 0.4) is 0 Å². The van der Waals surface area contributed by atoms with E-state index in [0.29, 0.717) is 22.9 Å². The van der Waals surface area contributed by atoms with Gasteiger partial charge < -0.3 is 10.2 Å². The summed E-state index contributed by atoms with van der Waals surface area (Å²) in [5.41, 5.74) is 0.526. The minimum atomic E-state index is -0.0891. The fraction of sp³-hybridized carbons (Fsp3) is 0.538. The number of carbonyl (C=O) groups excluding carboxylic acids is 1. The number of hydrogen-bond donors (Lipinski definition) is 1. The highest BCUT2D eigenvalue weighted by atomic mass is 35.5. The normalized spacial score (nSPS) is 11.2. The Morgan fingerprint density at radius 3 is 2.61 bits per heavy atom. The monoisotopic (exact) mass is 269 g/mol. The summed E-state index contributed by atoms with van der Waals surface area (Å²) in [6.07, 6.45) is 1.49. The van der Waals surface area contributed by atoms with Crippen LogP contribution in [0.4, 0.5) is 5.82 Å². The Morgan fingerprint density at radius 1 is 1.50 bits per heavy atom. The Kier molecular flexibility index (Phi) is 4.57. The first kappa shape index (κ1) is 14.8. The van der Waals surface area contributed by atoms with Gasteiger partial charge in [-0.3, -0.25) is 4.79 Å². The van der Waals surface area contributed by atoms with Gasteiger partial charge in [-0.15, -0.1) is 0 Å². The maximum Gasteiger partial charge on any atom is 0.255 e. The average molecular weight is 270 g/mol. The van der Waals surface area contributed by atoms with Crippen molar-refractivity contribution in [2.75, 3.05) is 26.0 Å². The molecule has 0 fully saturated rings. The lowest BCUT2D eigenvalue weighted by atomic mass is 9.96. The smallest absolute Gasteiger partial charge is 0.255 e. The SMILES string of the molecule is CNc1cc(C(=O)N(C)CC(C)(C)C)c(Cl)cn1. The van der Waals surface area contributed by atoms with Crippen molar-refractivity contribution in [1.29, 1.82) is 0 Å². The summed E-state index contributed by atoms with van der Waals surface area (Å²) in [6, 6.07) is 1.67. The highest BCUT2D eigenvalue weighted by Gasteiger charge is 2.21. The molecule has 1 rings (SSSR count). The van der Waals surface area contributed by atoms with Gasteiger partial charge in [0.25, 0.3) is 5.91 Å². The molecule has 0 radical (unpaired) electrons. The second kappa shape index (κ2) is 5.57. The van der Waals surface area contributed by atoms with Crippen LogP contribution in [0.1, 0.15) is 31.1 Å². The van der Waals surface area contributed by atoms with E-state index in [2.05, 4.69) is 31.1 Å². The Labute approximate surface area is 113 Å². The Hall–Kier alpha value is -1.29. The maximum absolute atomic E-state index is 12.3. The van der Waals surface area contributed by atoms with Crippen molar-refractivity contribution < 1.29 is 4.79 Å². The lowest BCUT2D eigenvalue weighted by Gasteiger charge is -2.27. The third-order valence-electron chi connectivity index (χ3n) is 2.40. The summed E-state index contributed by atoms with van der Waals surface area (Å²) in [5.74, 6) is 0.542. The molecule has 1 heterocycles. The number of nitrogens with zero attached hydrogens (tertiary/aromatic N) is 2. The molecule has 0 spiro atoms. The first-order valence-corrected chi connectivity index (χ1v) is 6.21. The zero-order chi connectivity index (χ0) is 13.9. The Bertz CT molecular complexity index is 440. The molecule has 0 bridgehead atoms. The van der Waals surface area contributed by atoms with Crippen molar-refractivity contribution in [3.63, 3.8) is 0 Å². The van der Waals surface area contributed by atoms with Crippen molar-refractivity contribution in [3.8, 4) is 0 Å². The number of carbonyl (C=O) groups is 1. The molecule has 0 unspecified atom stereocenters. The molecule has 0 saturated carbocycles. The van der Waals surface area contributed by atoms with Crippen LogP contribution in [-0.4, -0.2) is 36.4 Å². The molecule has 0 atom stereocenters. The molecule has 0 aliphatic heterocycles. The molecule has 0 aliphatic carbocycles. The van der Waals surface area contributed by atoms with Crippen molar-refractivity contribution >= 4 is 23.3 Å². The van der Waals surface area contributed by atoms with Crippen LogP contribution < -0.4 is 5.32 Å². The first-order chi connectivity index (χ1) is 8.24. The summed E-state index contributed by atoms with van der Waals surface area (Å²) < 4.78 is 0. The maximum atomic E-state index is 12.3. The van der Waals surface area contributed by atoms with Gasteiger partial charge in [-0.05, 0) is 11.5 Å². The second-order valence-electron chi connectivity index (χ2n) is 5.52. The van der Waals surface area contributed by atoms with Crippen LogP contribution in [0.15, 0.2) is 12.3 Å². The van der Waals surface area contributed by atoms with Crippen LogP contribution in [0.5, 0.6) is 0 Å². The van der Waals surface area contributed by atoms with E-state index in [1.54, 1.807) is 25.1 Å². The quantitative estimate of drug-likeness (QED) is 0.918. The molecular formula is C13H20ClN3O. The molecule has 5 heteroatoms. The molecule has 0 aromatic carbocycles. The average Bonchev–Trinajstić information content (AvgIpc) is 2.26. The van der Waals surface area contributed by atoms with Crippen LogP contribution in [-0.2, 0) is 0 Å². The van der Waals surface area contributed by atoms with Crippen molar-refractivity contribution in [2.24, 2.45) is 5.41 Å². The fourth-order valence-electron chi connectivity index (χ4n) is 1.73. The standard InChI is InChI=1S/C13H20ClN3O/c1-13(2,3)8-17(5)12(18)9-6-11(15-4)16-7-10(9)14/h6-7H,8H2,1-5H3,(H,15,16). The second-order valence-corrected chi connectivity index (χ2v) is 5.93. The van der Waals surface area contributed by atoms with Gasteiger partial charge >= 0.3 is 0 Å². The van der Waals surface area contributed by atoms with Gasteiger partial charge in [0.15, 0.2) is 0 Å². The molecule has 4 nitrogen and oxygen atoms in total. The lowest BCUT2D eigenvalue weighted by Crippen LogP contribution is -2.34. The van der Waals surface area contributed by atoms with Crippen molar-refractivity contribution in [3.05, 3.63) is 22.8 Å². The zero-order valence-corrected chi connectivity index (χ0v) is 12.3. The van der Waals surface area contributed by atoms with E-state index in [0.717, 1.165) is 0 Å². The zero-order valence-electron chi connectivity index (χ0n) is 11.5. The van der Waals surface area contributed by atoms with Gasteiger partial charge in [0.2, 0.25) is 0 Å². The number of pyridine rings is 1. The first-order valence-electron chi connectivity index (χ1n) is 5.83. The van der Waals surface area contributed by atoms with Gasteiger partial charge in [0.05, 0.1) is 10.6 Å². The number of amides is 1. The highest BCUT2D eigenvalue weighted by Crippen LogP contribution is 2.21. The summed E-state index contributed by atoms with van der Waals surface area (Å²) in [7, 11) is 3.53. The lowest BCUT2D eigenvalue weighted by molar-refractivity contribution is 0.0746. The van der Waals surface area contributed by atoms with Crippen LogP contribution in [0.2, 0.25) is 5.02 Å². The highest BCUT2D eigenvalue weighted by molar-refractivity contribution is 6.33. The molecule has 0 aliphatic rings. The Balaban J connectivity index is 2.96. The van der Waals surface area contributed by atoms with E-state index in [1.165, 1.54) is 6.20 Å². The van der Waals surface area contributed by atoms with Crippen LogP contribution in [0.25, 0.3) is 0 Å². The summed E-state index contributed by atoms with van der Waals surface area (Å²) in [6.45, 7) is 6.93. The van der Waals surface area contributed by atoms with Gasteiger partial charge in [0.1, 0.15) is 5.82 Å². The van der Waals surface area contributed by atoms with E-state index < -0.39 is 0 Å². The number of halogens is 1.